The monoisotopic (exact) mass is 450 g/mol. The number of hydrogen-bond donors (Lipinski definition) is 1. The number of likely N-dealkylation sites (tertiary alicyclic amines) is 1. The van der Waals surface area contributed by atoms with Crippen molar-refractivity contribution in [1.29, 1.82) is 0 Å². The van der Waals surface area contributed by atoms with Crippen LogP contribution >= 0.6 is 0 Å². The molecule has 0 spiro atoms. The average molecular weight is 451 g/mol. The fraction of sp³-hybridized carbons (Fsp3) is 0.478. The fourth-order valence-electron chi connectivity index (χ4n) is 4.99. The Bertz CT molecular complexity index is 960. The molecule has 1 N–H and O–H groups in total. The first kappa shape index (κ1) is 23.1. The molecule has 2 aromatic rings. The number of halogens is 1. The SMILES string of the molecule is COc1ccc(S(=O)(=O)N(C)Cc2ccccc2)c2c1CCCC2[NH+]1CCCC1.[Cl-]. The van der Waals surface area contributed by atoms with Crippen molar-refractivity contribution in [1.82, 2.24) is 4.31 Å². The van der Waals surface area contributed by atoms with Gasteiger partial charge >= 0.3 is 0 Å². The highest BCUT2D eigenvalue weighted by Gasteiger charge is 2.38. The zero-order valence-corrected chi connectivity index (χ0v) is 19.3. The highest BCUT2D eigenvalue weighted by molar-refractivity contribution is 7.89. The predicted octanol–water partition coefficient (Wildman–Crippen LogP) is -0.424. The minimum absolute atomic E-state index is 0. The number of ether oxygens (including phenoxy) is 1. The molecule has 1 heterocycles. The van der Waals surface area contributed by atoms with Crippen molar-refractivity contribution in [2.45, 2.75) is 49.6 Å². The lowest BCUT2D eigenvalue weighted by molar-refractivity contribution is -0.921. The van der Waals surface area contributed by atoms with Crippen LogP contribution in [0.3, 0.4) is 0 Å². The van der Waals surface area contributed by atoms with Gasteiger partial charge in [0.05, 0.1) is 25.1 Å². The molecular formula is C23H31ClN2O3S. The summed E-state index contributed by atoms with van der Waals surface area (Å²) in [5.74, 6) is 0.827. The van der Waals surface area contributed by atoms with Crippen LogP contribution in [-0.2, 0) is 23.0 Å². The van der Waals surface area contributed by atoms with Gasteiger partial charge in [-0.3, -0.25) is 0 Å². The third-order valence-corrected chi connectivity index (χ3v) is 8.30. The van der Waals surface area contributed by atoms with Crippen LogP contribution < -0.4 is 22.0 Å². The van der Waals surface area contributed by atoms with E-state index in [2.05, 4.69) is 0 Å². The van der Waals surface area contributed by atoms with Gasteiger partial charge < -0.3 is 22.0 Å². The van der Waals surface area contributed by atoms with Gasteiger partial charge in [0.25, 0.3) is 0 Å². The number of rotatable bonds is 6. The second kappa shape index (κ2) is 9.69. The van der Waals surface area contributed by atoms with Gasteiger partial charge in [0.2, 0.25) is 10.0 Å². The van der Waals surface area contributed by atoms with Crippen molar-refractivity contribution in [3.63, 3.8) is 0 Å². The summed E-state index contributed by atoms with van der Waals surface area (Å²) in [7, 11) is -0.243. The lowest BCUT2D eigenvalue weighted by atomic mass is 9.86. The number of benzene rings is 2. The maximum atomic E-state index is 13.6. The Morgan fingerprint density at radius 2 is 1.77 bits per heavy atom. The van der Waals surface area contributed by atoms with Crippen molar-refractivity contribution < 1.29 is 30.5 Å². The summed E-state index contributed by atoms with van der Waals surface area (Å²) < 4.78 is 34.4. The molecule has 0 amide bonds. The molecule has 0 aromatic heterocycles. The van der Waals surface area contributed by atoms with Gasteiger partial charge in [0.15, 0.2) is 0 Å². The largest absolute Gasteiger partial charge is 1.00 e. The Hall–Kier alpha value is -1.60. The van der Waals surface area contributed by atoms with E-state index in [1.807, 2.05) is 36.4 Å². The van der Waals surface area contributed by atoms with Crippen molar-refractivity contribution in [3.05, 3.63) is 59.2 Å². The van der Waals surface area contributed by atoms with Crippen LogP contribution in [0.5, 0.6) is 5.75 Å². The van der Waals surface area contributed by atoms with Crippen LogP contribution in [-0.4, -0.2) is 40.0 Å². The van der Waals surface area contributed by atoms with Gasteiger partial charge in [0, 0.05) is 44.0 Å². The van der Waals surface area contributed by atoms with Gasteiger partial charge in [0.1, 0.15) is 11.8 Å². The standard InChI is InChI=1S/C23H30N2O3S.ClH/c1-24(17-18-9-4-3-5-10-18)29(26,27)22-14-13-21(28-2)19-11-8-12-20(23(19)22)25-15-6-7-16-25;/h3-5,9-10,13-14,20H,6-8,11-12,15-17H2,1-2H3;1H. The topological polar surface area (TPSA) is 51.1 Å². The molecule has 1 saturated heterocycles. The lowest BCUT2D eigenvalue weighted by Crippen LogP contribution is -3.10. The predicted molar refractivity (Wildman–Crippen MR) is 114 cm³/mol. The summed E-state index contributed by atoms with van der Waals surface area (Å²) in [6, 6.07) is 13.6. The summed E-state index contributed by atoms with van der Waals surface area (Å²) in [6.45, 7) is 2.62. The molecule has 164 valence electrons. The van der Waals surface area contributed by atoms with Gasteiger partial charge in [-0.05, 0) is 30.5 Å². The van der Waals surface area contributed by atoms with Crippen molar-refractivity contribution >= 4 is 10.0 Å². The Kier molecular flexibility index (Phi) is 7.45. The number of methoxy groups -OCH3 is 1. The Balaban J connectivity index is 0.00000256. The average Bonchev–Trinajstić information content (AvgIpc) is 3.27. The molecule has 1 atom stereocenters. The molecule has 1 unspecified atom stereocenters. The molecule has 4 rings (SSSR count). The van der Waals surface area contributed by atoms with Crippen LogP contribution in [0.15, 0.2) is 47.4 Å². The second-order valence-electron chi connectivity index (χ2n) is 8.22. The molecule has 5 nitrogen and oxygen atoms in total. The molecule has 0 saturated carbocycles. The van der Waals surface area contributed by atoms with E-state index >= 15 is 0 Å². The number of fused-ring (bicyclic) bond motifs is 1. The van der Waals surface area contributed by atoms with Crippen LogP contribution in [0.25, 0.3) is 0 Å². The Labute approximate surface area is 186 Å². The summed E-state index contributed by atoms with van der Waals surface area (Å²) in [5.41, 5.74) is 3.09. The molecular weight excluding hydrogens is 420 g/mol. The summed E-state index contributed by atoms with van der Waals surface area (Å²) >= 11 is 0. The third-order valence-electron chi connectivity index (χ3n) is 6.44. The minimum atomic E-state index is -3.60. The number of nitrogens with one attached hydrogen (secondary N) is 1. The molecule has 2 aromatic carbocycles. The van der Waals surface area contributed by atoms with Crippen LogP contribution in [0.4, 0.5) is 0 Å². The lowest BCUT2D eigenvalue weighted by Gasteiger charge is -2.33. The normalized spacial score (nSPS) is 19.4. The van der Waals surface area contributed by atoms with E-state index in [0.717, 1.165) is 54.8 Å². The molecule has 30 heavy (non-hydrogen) atoms. The first-order valence-electron chi connectivity index (χ1n) is 10.6. The van der Waals surface area contributed by atoms with E-state index in [4.69, 9.17) is 4.74 Å². The first-order chi connectivity index (χ1) is 14.0. The zero-order chi connectivity index (χ0) is 20.4. The molecule has 2 aliphatic rings. The maximum absolute atomic E-state index is 13.6. The van der Waals surface area contributed by atoms with E-state index in [0.29, 0.717) is 11.4 Å². The molecule has 1 fully saturated rings. The number of sulfonamides is 1. The smallest absolute Gasteiger partial charge is 0.243 e. The van der Waals surface area contributed by atoms with E-state index in [1.54, 1.807) is 20.2 Å². The van der Waals surface area contributed by atoms with Gasteiger partial charge in [-0.2, -0.15) is 4.31 Å². The van der Waals surface area contributed by atoms with Gasteiger partial charge in [-0.15, -0.1) is 0 Å². The van der Waals surface area contributed by atoms with E-state index in [-0.39, 0.29) is 18.4 Å². The summed E-state index contributed by atoms with van der Waals surface area (Å²) in [4.78, 5) is 2.00. The van der Waals surface area contributed by atoms with Gasteiger partial charge in [-0.1, -0.05) is 30.3 Å². The van der Waals surface area contributed by atoms with Crippen LogP contribution in [0.1, 0.15) is 48.4 Å². The quantitative estimate of drug-likeness (QED) is 0.650. The number of quaternary nitrogens is 1. The molecule has 0 bridgehead atoms. The zero-order valence-electron chi connectivity index (χ0n) is 17.7. The van der Waals surface area contributed by atoms with Crippen molar-refractivity contribution in [3.8, 4) is 5.75 Å². The summed E-state index contributed by atoms with van der Waals surface area (Å²) in [6.07, 6.45) is 5.46. The van der Waals surface area contributed by atoms with Crippen LogP contribution in [0, 0.1) is 0 Å². The molecule has 1 aliphatic heterocycles. The number of hydrogen-bond acceptors (Lipinski definition) is 3. The molecule has 7 heteroatoms. The van der Waals surface area contributed by atoms with E-state index < -0.39 is 10.0 Å². The van der Waals surface area contributed by atoms with E-state index in [9.17, 15) is 8.42 Å². The Morgan fingerprint density at radius 3 is 2.43 bits per heavy atom. The molecule has 0 radical (unpaired) electrons. The van der Waals surface area contributed by atoms with Crippen molar-refractivity contribution in [2.24, 2.45) is 0 Å². The number of nitrogens with zero attached hydrogens (tertiary/aromatic N) is 1. The fourth-order valence-corrected chi connectivity index (χ4v) is 6.42. The van der Waals surface area contributed by atoms with Gasteiger partial charge in [-0.25, -0.2) is 8.42 Å². The Morgan fingerprint density at radius 1 is 1.07 bits per heavy atom. The third kappa shape index (κ3) is 4.37. The minimum Gasteiger partial charge on any atom is -1.00 e. The summed E-state index contributed by atoms with van der Waals surface area (Å²) in [5, 5.41) is 0. The molecule has 1 aliphatic carbocycles. The highest BCUT2D eigenvalue weighted by atomic mass is 35.5. The van der Waals surface area contributed by atoms with Crippen LogP contribution in [0.2, 0.25) is 0 Å². The van der Waals surface area contributed by atoms with Crippen molar-refractivity contribution in [2.75, 3.05) is 27.2 Å². The maximum Gasteiger partial charge on any atom is 0.243 e. The van der Waals surface area contributed by atoms with E-state index in [1.165, 1.54) is 22.0 Å². The highest BCUT2D eigenvalue weighted by Crippen LogP contribution is 2.39. The second-order valence-corrected chi connectivity index (χ2v) is 10.2. The first-order valence-corrected chi connectivity index (χ1v) is 12.0.